The number of hydrogen-bond acceptors (Lipinski definition) is 3. The third-order valence-corrected chi connectivity index (χ3v) is 4.27. The third-order valence-electron chi connectivity index (χ3n) is 4.03. The number of nitrogens with zero attached hydrogens (tertiary/aromatic N) is 1. The molecule has 3 nitrogen and oxygen atoms in total. The fraction of sp³-hybridized carbons (Fsp3) is 0.438. The number of anilines is 1. The lowest BCUT2D eigenvalue weighted by atomic mass is 9.95. The first-order valence-electron chi connectivity index (χ1n) is 7.32. The topological polar surface area (TPSA) is 37.0 Å². The molecule has 0 spiro atoms. The third kappa shape index (κ3) is 3.22. The van der Waals surface area contributed by atoms with Gasteiger partial charge in [0.05, 0.1) is 0 Å². The Morgan fingerprint density at radius 3 is 2.95 bits per heavy atom. The number of benzene rings is 1. The molecular weight excluding hydrogens is 270 g/mol. The molecule has 2 N–H and O–H groups in total. The van der Waals surface area contributed by atoms with Gasteiger partial charge in [0.1, 0.15) is 5.82 Å². The van der Waals surface area contributed by atoms with Crippen LogP contribution in [0.1, 0.15) is 19.3 Å². The van der Waals surface area contributed by atoms with Gasteiger partial charge in [-0.05, 0) is 61.9 Å². The zero-order valence-corrected chi connectivity index (χ0v) is 12.3. The van der Waals surface area contributed by atoms with Gasteiger partial charge in [-0.25, -0.2) is 4.98 Å². The first kappa shape index (κ1) is 13.7. The van der Waals surface area contributed by atoms with Crippen LogP contribution in [-0.4, -0.2) is 24.6 Å². The van der Waals surface area contributed by atoms with E-state index in [1.165, 1.54) is 24.6 Å². The highest BCUT2D eigenvalue weighted by Crippen LogP contribution is 2.25. The van der Waals surface area contributed by atoms with Gasteiger partial charge in [-0.2, -0.15) is 0 Å². The molecule has 1 fully saturated rings. The summed E-state index contributed by atoms with van der Waals surface area (Å²) >= 11 is 6.08. The van der Waals surface area contributed by atoms with Crippen molar-refractivity contribution in [3.8, 4) is 0 Å². The maximum atomic E-state index is 6.08. The van der Waals surface area contributed by atoms with E-state index >= 15 is 0 Å². The van der Waals surface area contributed by atoms with E-state index in [1.807, 2.05) is 30.5 Å². The molecule has 3 rings (SSSR count). The lowest BCUT2D eigenvalue weighted by molar-refractivity contribution is 0.361. The normalized spacial score (nSPS) is 16.4. The van der Waals surface area contributed by atoms with Crippen molar-refractivity contribution in [2.45, 2.75) is 19.3 Å². The average molecular weight is 290 g/mol. The summed E-state index contributed by atoms with van der Waals surface area (Å²) in [4.78, 5) is 4.45. The van der Waals surface area contributed by atoms with Gasteiger partial charge in [-0.15, -0.1) is 0 Å². The van der Waals surface area contributed by atoms with E-state index in [-0.39, 0.29) is 0 Å². The molecule has 1 aliphatic heterocycles. The Morgan fingerprint density at radius 2 is 2.10 bits per heavy atom. The van der Waals surface area contributed by atoms with Gasteiger partial charge in [0.2, 0.25) is 0 Å². The van der Waals surface area contributed by atoms with E-state index < -0.39 is 0 Å². The minimum atomic E-state index is 0.756. The number of fused-ring (bicyclic) bond motifs is 1. The minimum absolute atomic E-state index is 0.756. The number of hydrogen-bond donors (Lipinski definition) is 2. The second kappa shape index (κ2) is 6.42. The van der Waals surface area contributed by atoms with Crippen molar-refractivity contribution in [3.05, 3.63) is 35.5 Å². The van der Waals surface area contributed by atoms with Crippen molar-refractivity contribution in [2.24, 2.45) is 5.92 Å². The summed E-state index contributed by atoms with van der Waals surface area (Å²) in [6.45, 7) is 3.29. The van der Waals surface area contributed by atoms with Crippen LogP contribution in [0.5, 0.6) is 0 Å². The monoisotopic (exact) mass is 289 g/mol. The molecule has 0 radical (unpaired) electrons. The molecule has 0 aliphatic carbocycles. The maximum Gasteiger partial charge on any atom is 0.133 e. The largest absolute Gasteiger partial charge is 0.370 e. The lowest BCUT2D eigenvalue weighted by Crippen LogP contribution is -2.28. The molecule has 4 heteroatoms. The van der Waals surface area contributed by atoms with E-state index in [9.17, 15) is 0 Å². The molecule has 1 aromatic heterocycles. The SMILES string of the molecule is Clc1ccc2ccnc(NCCC3CCNCC3)c2c1. The van der Waals surface area contributed by atoms with Gasteiger partial charge in [0.15, 0.2) is 0 Å². The van der Waals surface area contributed by atoms with Gasteiger partial charge in [0, 0.05) is 23.2 Å². The number of rotatable bonds is 4. The van der Waals surface area contributed by atoms with E-state index in [4.69, 9.17) is 11.6 Å². The molecule has 0 amide bonds. The van der Waals surface area contributed by atoms with Crippen LogP contribution in [0.15, 0.2) is 30.5 Å². The fourth-order valence-corrected chi connectivity index (χ4v) is 3.02. The zero-order valence-electron chi connectivity index (χ0n) is 11.5. The summed E-state index contributed by atoms with van der Waals surface area (Å²) < 4.78 is 0. The second-order valence-electron chi connectivity index (χ2n) is 5.43. The van der Waals surface area contributed by atoms with Crippen LogP contribution in [0.3, 0.4) is 0 Å². The van der Waals surface area contributed by atoms with Crippen LogP contribution in [0.4, 0.5) is 5.82 Å². The van der Waals surface area contributed by atoms with Crippen LogP contribution in [-0.2, 0) is 0 Å². The van der Waals surface area contributed by atoms with Crippen LogP contribution < -0.4 is 10.6 Å². The van der Waals surface area contributed by atoms with Crippen LogP contribution in [0.25, 0.3) is 10.8 Å². The summed E-state index contributed by atoms with van der Waals surface area (Å²) in [7, 11) is 0. The second-order valence-corrected chi connectivity index (χ2v) is 5.87. The highest BCUT2D eigenvalue weighted by Gasteiger charge is 2.12. The van der Waals surface area contributed by atoms with Crippen molar-refractivity contribution in [3.63, 3.8) is 0 Å². The average Bonchev–Trinajstić information content (AvgIpc) is 2.49. The van der Waals surface area contributed by atoms with Crippen molar-refractivity contribution in [1.82, 2.24) is 10.3 Å². The number of nitrogens with one attached hydrogen (secondary N) is 2. The molecule has 1 saturated heterocycles. The molecule has 106 valence electrons. The Balaban J connectivity index is 1.66. The summed E-state index contributed by atoms with van der Waals surface area (Å²) in [6.07, 6.45) is 5.64. The predicted molar refractivity (Wildman–Crippen MR) is 85.5 cm³/mol. The van der Waals surface area contributed by atoms with Crippen molar-refractivity contribution >= 4 is 28.2 Å². The van der Waals surface area contributed by atoms with E-state index in [2.05, 4.69) is 15.6 Å². The summed E-state index contributed by atoms with van der Waals surface area (Å²) in [6, 6.07) is 7.96. The van der Waals surface area contributed by atoms with Gasteiger partial charge in [0.25, 0.3) is 0 Å². The van der Waals surface area contributed by atoms with Crippen LogP contribution in [0, 0.1) is 5.92 Å². The molecule has 2 aromatic rings. The molecule has 2 heterocycles. The molecule has 0 atom stereocenters. The Labute approximate surface area is 124 Å². The highest BCUT2D eigenvalue weighted by atomic mass is 35.5. The highest BCUT2D eigenvalue weighted by molar-refractivity contribution is 6.31. The molecular formula is C16H20ClN3. The summed E-state index contributed by atoms with van der Waals surface area (Å²) in [5.74, 6) is 1.78. The first-order valence-corrected chi connectivity index (χ1v) is 7.69. The maximum absolute atomic E-state index is 6.08. The Bertz CT molecular complexity index is 579. The molecule has 1 aromatic carbocycles. The number of pyridine rings is 1. The van der Waals surface area contributed by atoms with Crippen molar-refractivity contribution in [1.29, 1.82) is 0 Å². The van der Waals surface area contributed by atoms with E-state index in [1.54, 1.807) is 0 Å². The summed E-state index contributed by atoms with van der Waals surface area (Å²) in [5.41, 5.74) is 0. The van der Waals surface area contributed by atoms with Gasteiger partial charge < -0.3 is 10.6 Å². The van der Waals surface area contributed by atoms with Gasteiger partial charge in [-0.3, -0.25) is 0 Å². The molecule has 1 aliphatic rings. The number of aromatic nitrogens is 1. The fourth-order valence-electron chi connectivity index (χ4n) is 2.85. The Hall–Kier alpha value is -1.32. The molecule has 0 saturated carbocycles. The Kier molecular flexibility index (Phi) is 4.38. The molecule has 20 heavy (non-hydrogen) atoms. The van der Waals surface area contributed by atoms with E-state index in [0.717, 1.165) is 41.8 Å². The first-order chi connectivity index (χ1) is 9.83. The number of piperidine rings is 1. The quantitative estimate of drug-likeness (QED) is 0.901. The van der Waals surface area contributed by atoms with Gasteiger partial charge >= 0.3 is 0 Å². The predicted octanol–water partition coefficient (Wildman–Crippen LogP) is 3.69. The molecule has 0 unspecified atom stereocenters. The number of halogens is 1. The zero-order chi connectivity index (χ0) is 13.8. The standard InChI is InChI=1S/C16H20ClN3/c17-14-2-1-13-6-10-20-16(15(13)11-14)19-9-5-12-3-7-18-8-4-12/h1-2,6,10-12,18H,3-5,7-9H2,(H,19,20). The summed E-state index contributed by atoms with van der Waals surface area (Å²) in [5, 5.41) is 9.91. The smallest absolute Gasteiger partial charge is 0.133 e. The molecule has 0 bridgehead atoms. The van der Waals surface area contributed by atoms with Crippen LogP contribution in [0.2, 0.25) is 5.02 Å². The van der Waals surface area contributed by atoms with Gasteiger partial charge in [-0.1, -0.05) is 17.7 Å². The van der Waals surface area contributed by atoms with Crippen molar-refractivity contribution < 1.29 is 0 Å². The Morgan fingerprint density at radius 1 is 1.25 bits per heavy atom. The van der Waals surface area contributed by atoms with Crippen LogP contribution >= 0.6 is 11.6 Å². The van der Waals surface area contributed by atoms with E-state index in [0.29, 0.717) is 0 Å². The minimum Gasteiger partial charge on any atom is -0.370 e. The lowest BCUT2D eigenvalue weighted by Gasteiger charge is -2.22. The van der Waals surface area contributed by atoms with Crippen molar-refractivity contribution in [2.75, 3.05) is 25.0 Å².